The zero-order chi connectivity index (χ0) is 17.7. The summed E-state index contributed by atoms with van der Waals surface area (Å²) in [5.41, 5.74) is 4.20. The Hall–Kier alpha value is -2.79. The summed E-state index contributed by atoms with van der Waals surface area (Å²) in [7, 11) is 3.73. The molecule has 1 N–H and O–H groups in total. The SMILES string of the molecule is CNc1nc(=O)n(-c2cccc(C)c2)c2c3cc(Cl)ccc3n(C)c12. The molecule has 0 radical (unpaired) electrons. The van der Waals surface area contributed by atoms with Gasteiger partial charge in [0.05, 0.1) is 16.7 Å². The number of nitrogens with zero attached hydrogens (tertiary/aromatic N) is 3. The third kappa shape index (κ3) is 2.31. The summed E-state index contributed by atoms with van der Waals surface area (Å²) in [5, 5.41) is 4.59. The first-order valence-electron chi connectivity index (χ1n) is 7.96. The highest BCUT2D eigenvalue weighted by Crippen LogP contribution is 2.33. The molecule has 4 rings (SSSR count). The van der Waals surface area contributed by atoms with Gasteiger partial charge in [0.2, 0.25) is 0 Å². The van der Waals surface area contributed by atoms with Crippen LogP contribution in [0, 0.1) is 6.92 Å². The van der Waals surface area contributed by atoms with Crippen molar-refractivity contribution < 1.29 is 0 Å². The first kappa shape index (κ1) is 15.7. The molecule has 0 spiro atoms. The Morgan fingerprint density at radius 1 is 1.12 bits per heavy atom. The van der Waals surface area contributed by atoms with Crippen LogP contribution in [0.4, 0.5) is 5.82 Å². The topological polar surface area (TPSA) is 51.9 Å². The second kappa shape index (κ2) is 5.63. The molecular formula is C19H17ClN4O. The molecule has 0 amide bonds. The van der Waals surface area contributed by atoms with E-state index in [1.165, 1.54) is 0 Å². The van der Waals surface area contributed by atoms with Gasteiger partial charge >= 0.3 is 5.69 Å². The molecule has 0 saturated carbocycles. The van der Waals surface area contributed by atoms with E-state index in [1.54, 1.807) is 11.6 Å². The van der Waals surface area contributed by atoms with Crippen molar-refractivity contribution in [3.63, 3.8) is 0 Å². The van der Waals surface area contributed by atoms with Crippen molar-refractivity contribution in [2.75, 3.05) is 12.4 Å². The minimum Gasteiger partial charge on any atom is -0.371 e. The minimum atomic E-state index is -0.324. The van der Waals surface area contributed by atoms with E-state index in [2.05, 4.69) is 10.3 Å². The monoisotopic (exact) mass is 352 g/mol. The molecule has 2 aromatic heterocycles. The third-order valence-electron chi connectivity index (χ3n) is 4.48. The fourth-order valence-corrected chi connectivity index (χ4v) is 3.54. The maximum absolute atomic E-state index is 12.8. The Labute approximate surface area is 149 Å². The maximum Gasteiger partial charge on any atom is 0.354 e. The van der Waals surface area contributed by atoms with Crippen molar-refractivity contribution in [3.8, 4) is 5.69 Å². The van der Waals surface area contributed by atoms with Crippen LogP contribution < -0.4 is 11.0 Å². The van der Waals surface area contributed by atoms with Crippen LogP contribution in [0.3, 0.4) is 0 Å². The highest BCUT2D eigenvalue weighted by molar-refractivity contribution is 6.31. The molecule has 0 atom stereocenters. The Bertz CT molecular complexity index is 1190. The number of rotatable bonds is 2. The normalized spacial score (nSPS) is 11.4. The van der Waals surface area contributed by atoms with E-state index in [4.69, 9.17) is 11.6 Å². The molecular weight excluding hydrogens is 336 g/mol. The second-order valence-electron chi connectivity index (χ2n) is 6.09. The fraction of sp³-hybridized carbons (Fsp3) is 0.158. The molecule has 5 nitrogen and oxygen atoms in total. The first-order valence-corrected chi connectivity index (χ1v) is 8.34. The Morgan fingerprint density at radius 2 is 1.92 bits per heavy atom. The molecule has 0 unspecified atom stereocenters. The standard InChI is InChI=1S/C19H17ClN4O/c1-11-5-4-6-13(9-11)24-16-14-10-12(20)7-8-15(14)23(3)17(16)18(21-2)22-19(24)25/h4-10H,1-3H3,(H,21,22,25). The van der Waals surface area contributed by atoms with Gasteiger partial charge in [0.15, 0.2) is 5.82 Å². The van der Waals surface area contributed by atoms with Crippen LogP contribution in [0.15, 0.2) is 47.3 Å². The number of hydrogen-bond acceptors (Lipinski definition) is 3. The first-order chi connectivity index (χ1) is 12.0. The summed E-state index contributed by atoms with van der Waals surface area (Å²) in [6.07, 6.45) is 0. The summed E-state index contributed by atoms with van der Waals surface area (Å²) in [4.78, 5) is 17.1. The predicted molar refractivity (Wildman–Crippen MR) is 103 cm³/mol. The van der Waals surface area contributed by atoms with Crippen LogP contribution in [0.2, 0.25) is 5.02 Å². The van der Waals surface area contributed by atoms with Crippen LogP contribution >= 0.6 is 11.6 Å². The minimum absolute atomic E-state index is 0.324. The Balaban J connectivity index is 2.29. The summed E-state index contributed by atoms with van der Waals surface area (Å²) in [6.45, 7) is 2.00. The van der Waals surface area contributed by atoms with Gasteiger partial charge in [-0.3, -0.25) is 4.57 Å². The molecule has 25 heavy (non-hydrogen) atoms. The van der Waals surface area contributed by atoms with E-state index in [0.717, 1.165) is 33.2 Å². The number of fused-ring (bicyclic) bond motifs is 3. The molecule has 0 aliphatic heterocycles. The smallest absolute Gasteiger partial charge is 0.354 e. The number of nitrogens with one attached hydrogen (secondary N) is 1. The largest absolute Gasteiger partial charge is 0.371 e. The van der Waals surface area contributed by atoms with Gasteiger partial charge in [-0.05, 0) is 42.8 Å². The predicted octanol–water partition coefficient (Wildman–Crippen LogP) is 3.88. The molecule has 0 bridgehead atoms. The van der Waals surface area contributed by atoms with Crippen molar-refractivity contribution in [2.45, 2.75) is 6.92 Å². The van der Waals surface area contributed by atoms with Gasteiger partial charge in [-0.15, -0.1) is 0 Å². The zero-order valence-corrected chi connectivity index (χ0v) is 14.9. The lowest BCUT2D eigenvalue weighted by Crippen LogP contribution is -2.23. The quantitative estimate of drug-likeness (QED) is 0.595. The van der Waals surface area contributed by atoms with Crippen LogP contribution in [-0.2, 0) is 7.05 Å². The Kier molecular flexibility index (Phi) is 3.54. The molecule has 6 heteroatoms. The molecule has 0 fully saturated rings. The van der Waals surface area contributed by atoms with Crippen LogP contribution in [-0.4, -0.2) is 21.2 Å². The summed E-state index contributed by atoms with van der Waals surface area (Å²) >= 11 is 6.24. The zero-order valence-electron chi connectivity index (χ0n) is 14.2. The number of benzene rings is 2. The maximum atomic E-state index is 12.8. The number of halogens is 1. The summed E-state index contributed by atoms with van der Waals surface area (Å²) in [6, 6.07) is 13.5. The lowest BCUT2D eigenvalue weighted by Gasteiger charge is -2.11. The van der Waals surface area contributed by atoms with Gasteiger partial charge in [-0.2, -0.15) is 4.98 Å². The number of hydrogen-bond donors (Lipinski definition) is 1. The van der Waals surface area contributed by atoms with Crippen molar-refractivity contribution in [1.29, 1.82) is 0 Å². The average molecular weight is 353 g/mol. The lowest BCUT2D eigenvalue weighted by molar-refractivity contribution is 0.941. The molecule has 0 aliphatic rings. The number of anilines is 1. The third-order valence-corrected chi connectivity index (χ3v) is 4.71. The van der Waals surface area contributed by atoms with Crippen LogP contribution in [0.25, 0.3) is 27.6 Å². The summed E-state index contributed by atoms with van der Waals surface area (Å²) in [5.74, 6) is 0.554. The van der Waals surface area contributed by atoms with Crippen molar-refractivity contribution in [1.82, 2.24) is 14.1 Å². The fourth-order valence-electron chi connectivity index (χ4n) is 3.37. The van der Waals surface area contributed by atoms with E-state index in [1.807, 2.05) is 61.0 Å². The molecule has 2 heterocycles. The van der Waals surface area contributed by atoms with Crippen LogP contribution in [0.5, 0.6) is 0 Å². The molecule has 4 aromatic rings. The van der Waals surface area contributed by atoms with E-state index < -0.39 is 0 Å². The van der Waals surface area contributed by atoms with E-state index in [-0.39, 0.29) is 5.69 Å². The lowest BCUT2D eigenvalue weighted by atomic mass is 10.2. The van der Waals surface area contributed by atoms with Gasteiger partial charge in [-0.25, -0.2) is 4.79 Å². The summed E-state index contributed by atoms with van der Waals surface area (Å²) < 4.78 is 3.69. The van der Waals surface area contributed by atoms with Crippen molar-refractivity contribution >= 4 is 39.4 Å². The van der Waals surface area contributed by atoms with E-state index >= 15 is 0 Å². The number of aromatic nitrogens is 3. The van der Waals surface area contributed by atoms with Crippen LogP contribution in [0.1, 0.15) is 5.56 Å². The van der Waals surface area contributed by atoms with Gasteiger partial charge < -0.3 is 9.88 Å². The van der Waals surface area contributed by atoms with E-state index in [0.29, 0.717) is 10.8 Å². The molecule has 2 aromatic carbocycles. The molecule has 0 aliphatic carbocycles. The van der Waals surface area contributed by atoms with Gasteiger partial charge in [0.1, 0.15) is 5.52 Å². The van der Waals surface area contributed by atoms with Gasteiger partial charge in [0.25, 0.3) is 0 Å². The molecule has 126 valence electrons. The van der Waals surface area contributed by atoms with E-state index in [9.17, 15) is 4.79 Å². The highest BCUT2D eigenvalue weighted by atomic mass is 35.5. The van der Waals surface area contributed by atoms with Crippen molar-refractivity contribution in [3.05, 3.63) is 63.5 Å². The molecule has 0 saturated heterocycles. The van der Waals surface area contributed by atoms with Gasteiger partial charge in [0, 0.05) is 24.5 Å². The average Bonchev–Trinajstić information content (AvgIpc) is 2.86. The highest BCUT2D eigenvalue weighted by Gasteiger charge is 2.19. The van der Waals surface area contributed by atoms with Gasteiger partial charge in [-0.1, -0.05) is 23.7 Å². The van der Waals surface area contributed by atoms with Crippen molar-refractivity contribution in [2.24, 2.45) is 7.05 Å². The second-order valence-corrected chi connectivity index (χ2v) is 6.52. The Morgan fingerprint density at radius 3 is 2.64 bits per heavy atom. The number of aryl methyl sites for hydroxylation is 2.